The molecule has 0 aliphatic heterocycles. The highest BCUT2D eigenvalue weighted by Crippen LogP contribution is 2.20. The van der Waals surface area contributed by atoms with Crippen molar-refractivity contribution in [1.29, 1.82) is 0 Å². The zero-order valence-corrected chi connectivity index (χ0v) is 10.9. The fourth-order valence-corrected chi connectivity index (χ4v) is 1.96. The van der Waals surface area contributed by atoms with Crippen LogP contribution in [0.25, 0.3) is 0 Å². The monoisotopic (exact) mass is 268 g/mol. The number of rotatable bonds is 5. The van der Waals surface area contributed by atoms with E-state index >= 15 is 0 Å². The van der Waals surface area contributed by atoms with Crippen LogP contribution in [0, 0.1) is 5.82 Å². The number of anilines is 1. The first-order chi connectivity index (χ1) is 8.70. The lowest BCUT2D eigenvalue weighted by Crippen LogP contribution is -2.16. The SMILES string of the molecule is CCOc1ccc(CN(C)c2nnns2)cc1F. The van der Waals surface area contributed by atoms with Crippen molar-refractivity contribution in [2.75, 3.05) is 18.6 Å². The van der Waals surface area contributed by atoms with Gasteiger partial charge in [0.05, 0.1) is 6.61 Å². The van der Waals surface area contributed by atoms with Gasteiger partial charge in [-0.25, -0.2) is 4.39 Å². The van der Waals surface area contributed by atoms with Crippen LogP contribution in [-0.4, -0.2) is 28.5 Å². The quantitative estimate of drug-likeness (QED) is 0.831. The van der Waals surface area contributed by atoms with E-state index in [1.54, 1.807) is 6.07 Å². The minimum Gasteiger partial charge on any atom is -0.491 e. The van der Waals surface area contributed by atoms with E-state index in [1.807, 2.05) is 24.9 Å². The smallest absolute Gasteiger partial charge is 0.227 e. The second-order valence-corrected chi connectivity index (χ2v) is 4.41. The lowest BCUT2D eigenvalue weighted by Gasteiger charge is -2.15. The minimum absolute atomic E-state index is 0.279. The molecule has 5 nitrogen and oxygen atoms in total. The molecule has 96 valence electrons. The Hall–Kier alpha value is -1.76. The Balaban J connectivity index is 2.08. The molecular formula is C11H13FN4OS. The topological polar surface area (TPSA) is 51.1 Å². The predicted molar refractivity (Wildman–Crippen MR) is 67.4 cm³/mol. The summed E-state index contributed by atoms with van der Waals surface area (Å²) in [5.41, 5.74) is 0.841. The van der Waals surface area contributed by atoms with Crippen molar-refractivity contribution in [3.63, 3.8) is 0 Å². The first kappa shape index (κ1) is 12.7. The van der Waals surface area contributed by atoms with E-state index in [0.717, 1.165) is 5.56 Å². The summed E-state index contributed by atoms with van der Waals surface area (Å²) in [4.78, 5) is 1.86. The third-order valence-corrected chi connectivity index (χ3v) is 3.04. The van der Waals surface area contributed by atoms with E-state index in [2.05, 4.69) is 14.8 Å². The van der Waals surface area contributed by atoms with Gasteiger partial charge in [-0.15, -0.1) is 0 Å². The van der Waals surface area contributed by atoms with E-state index in [0.29, 0.717) is 18.3 Å². The fourth-order valence-electron chi connectivity index (χ4n) is 1.53. The molecule has 0 aliphatic rings. The number of halogens is 1. The molecule has 1 aromatic heterocycles. The van der Waals surface area contributed by atoms with Gasteiger partial charge in [-0.1, -0.05) is 15.7 Å². The Morgan fingerprint density at radius 1 is 1.44 bits per heavy atom. The Kier molecular flexibility index (Phi) is 4.03. The summed E-state index contributed by atoms with van der Waals surface area (Å²) in [5, 5.41) is 8.07. The van der Waals surface area contributed by atoms with Crippen LogP contribution in [0.3, 0.4) is 0 Å². The second kappa shape index (κ2) is 5.72. The van der Waals surface area contributed by atoms with Gasteiger partial charge in [0.25, 0.3) is 0 Å². The van der Waals surface area contributed by atoms with E-state index < -0.39 is 0 Å². The molecule has 0 N–H and O–H groups in total. The highest BCUT2D eigenvalue weighted by Gasteiger charge is 2.09. The Morgan fingerprint density at radius 3 is 2.89 bits per heavy atom. The number of nitrogens with zero attached hydrogens (tertiary/aromatic N) is 4. The van der Waals surface area contributed by atoms with Gasteiger partial charge in [0.15, 0.2) is 11.6 Å². The molecular weight excluding hydrogens is 255 g/mol. The summed E-state index contributed by atoms with van der Waals surface area (Å²) in [6.45, 7) is 2.82. The van der Waals surface area contributed by atoms with Crippen molar-refractivity contribution < 1.29 is 9.13 Å². The Bertz CT molecular complexity index is 506. The standard InChI is InChI=1S/C11H13FN4OS/c1-3-17-10-5-4-8(6-9(10)12)7-16(2)11-13-14-15-18-11/h4-6H,3,7H2,1-2H3. The van der Waals surface area contributed by atoms with Gasteiger partial charge in [-0.05, 0) is 29.8 Å². The normalized spacial score (nSPS) is 10.4. The molecule has 2 rings (SSSR count). The first-order valence-corrected chi connectivity index (χ1v) is 6.25. The van der Waals surface area contributed by atoms with Crippen LogP contribution in [0.5, 0.6) is 5.75 Å². The number of ether oxygens (including phenoxy) is 1. The van der Waals surface area contributed by atoms with Gasteiger partial charge in [0, 0.05) is 25.1 Å². The molecule has 18 heavy (non-hydrogen) atoms. The van der Waals surface area contributed by atoms with Crippen molar-refractivity contribution in [1.82, 2.24) is 14.8 Å². The highest BCUT2D eigenvalue weighted by atomic mass is 32.1. The van der Waals surface area contributed by atoms with Gasteiger partial charge >= 0.3 is 0 Å². The Labute approximate surface area is 108 Å². The van der Waals surface area contributed by atoms with Crippen molar-refractivity contribution in [3.05, 3.63) is 29.6 Å². The number of aromatic nitrogens is 3. The van der Waals surface area contributed by atoms with Crippen LogP contribution < -0.4 is 9.64 Å². The van der Waals surface area contributed by atoms with Crippen LogP contribution in [-0.2, 0) is 6.54 Å². The summed E-state index contributed by atoms with van der Waals surface area (Å²) in [6, 6.07) is 4.94. The summed E-state index contributed by atoms with van der Waals surface area (Å²) >= 11 is 1.20. The van der Waals surface area contributed by atoms with E-state index in [4.69, 9.17) is 4.74 Å². The molecule has 1 heterocycles. The molecule has 0 bridgehead atoms. The summed E-state index contributed by atoms with van der Waals surface area (Å²) < 4.78 is 22.5. The molecule has 0 amide bonds. The maximum Gasteiger partial charge on any atom is 0.227 e. The minimum atomic E-state index is -0.349. The molecule has 0 spiro atoms. The molecule has 2 aromatic rings. The zero-order chi connectivity index (χ0) is 13.0. The molecule has 0 aliphatic carbocycles. The maximum atomic E-state index is 13.6. The highest BCUT2D eigenvalue weighted by molar-refractivity contribution is 7.09. The average molecular weight is 268 g/mol. The summed E-state index contributed by atoms with van der Waals surface area (Å²) in [6.07, 6.45) is 0. The van der Waals surface area contributed by atoms with Gasteiger partial charge < -0.3 is 9.64 Å². The van der Waals surface area contributed by atoms with Crippen molar-refractivity contribution >= 4 is 16.7 Å². The number of benzene rings is 1. The zero-order valence-electron chi connectivity index (χ0n) is 10.1. The van der Waals surface area contributed by atoms with Gasteiger partial charge in [-0.2, -0.15) is 0 Å². The van der Waals surface area contributed by atoms with Gasteiger partial charge in [0.1, 0.15) is 0 Å². The predicted octanol–water partition coefficient (Wildman–Crippen LogP) is 2.11. The number of hydrogen-bond acceptors (Lipinski definition) is 6. The van der Waals surface area contributed by atoms with E-state index in [1.165, 1.54) is 17.6 Å². The molecule has 1 aromatic carbocycles. The lowest BCUT2D eigenvalue weighted by atomic mass is 10.2. The van der Waals surface area contributed by atoms with Gasteiger partial charge in [-0.3, -0.25) is 0 Å². The van der Waals surface area contributed by atoms with Gasteiger partial charge in [0.2, 0.25) is 5.13 Å². The first-order valence-electron chi connectivity index (χ1n) is 5.48. The second-order valence-electron chi connectivity index (χ2n) is 3.70. The molecule has 0 atom stereocenters. The molecule has 0 saturated carbocycles. The Morgan fingerprint density at radius 2 is 2.28 bits per heavy atom. The lowest BCUT2D eigenvalue weighted by molar-refractivity contribution is 0.321. The van der Waals surface area contributed by atoms with Crippen LogP contribution in [0.15, 0.2) is 18.2 Å². The van der Waals surface area contributed by atoms with E-state index in [-0.39, 0.29) is 11.6 Å². The van der Waals surface area contributed by atoms with Crippen molar-refractivity contribution in [2.24, 2.45) is 0 Å². The van der Waals surface area contributed by atoms with Crippen LogP contribution in [0.4, 0.5) is 9.52 Å². The molecule has 0 saturated heterocycles. The largest absolute Gasteiger partial charge is 0.491 e. The van der Waals surface area contributed by atoms with Crippen LogP contribution in [0.2, 0.25) is 0 Å². The summed E-state index contributed by atoms with van der Waals surface area (Å²) in [5.74, 6) is -0.0698. The molecule has 0 unspecified atom stereocenters. The van der Waals surface area contributed by atoms with Crippen LogP contribution >= 0.6 is 11.5 Å². The molecule has 0 fully saturated rings. The maximum absolute atomic E-state index is 13.6. The van der Waals surface area contributed by atoms with E-state index in [9.17, 15) is 4.39 Å². The third kappa shape index (κ3) is 2.92. The number of hydrogen-bond donors (Lipinski definition) is 0. The fraction of sp³-hybridized carbons (Fsp3) is 0.364. The van der Waals surface area contributed by atoms with Crippen molar-refractivity contribution in [2.45, 2.75) is 13.5 Å². The van der Waals surface area contributed by atoms with Crippen LogP contribution in [0.1, 0.15) is 12.5 Å². The summed E-state index contributed by atoms with van der Waals surface area (Å²) in [7, 11) is 1.86. The van der Waals surface area contributed by atoms with Crippen molar-refractivity contribution in [3.8, 4) is 5.75 Å². The molecule has 7 heteroatoms. The molecule has 0 radical (unpaired) electrons. The third-order valence-electron chi connectivity index (χ3n) is 2.33. The average Bonchev–Trinajstić information content (AvgIpc) is 2.86.